The molecule has 0 aliphatic heterocycles. The molecular formula is C28H26ClFN4O4S. The van der Waals surface area contributed by atoms with Gasteiger partial charge in [0.2, 0.25) is 0 Å². The third-order valence-corrected chi connectivity index (χ3v) is 8.08. The first-order valence-corrected chi connectivity index (χ1v) is 13.6. The number of anilines is 1. The average molecular weight is 569 g/mol. The van der Waals surface area contributed by atoms with E-state index in [0.717, 1.165) is 15.7 Å². The summed E-state index contributed by atoms with van der Waals surface area (Å²) in [7, 11) is -2.68. The number of rotatable bonds is 9. The molecule has 1 amide bonds. The van der Waals surface area contributed by atoms with Gasteiger partial charge in [-0.2, -0.15) is 5.10 Å². The monoisotopic (exact) mass is 568 g/mol. The van der Waals surface area contributed by atoms with Crippen LogP contribution in [0, 0.1) is 19.7 Å². The standard InChI is InChI=1S/C28H26ClFN4O4S/c1-19-15-21(20(2)34(19)26-12-8-7-11-25(26)30)17-31-32-28(35)18-33(22-13-14-27(38-3)24(29)16-22)39(36,37)23-9-5-4-6-10-23/h4-17H,18H2,1-3H3,(H,32,35)/b31-17+. The van der Waals surface area contributed by atoms with E-state index in [1.54, 1.807) is 41.0 Å². The number of amides is 1. The number of nitrogens with zero attached hydrogens (tertiary/aromatic N) is 3. The molecule has 0 spiro atoms. The number of aromatic nitrogens is 1. The van der Waals surface area contributed by atoms with Crippen molar-refractivity contribution in [1.82, 2.24) is 9.99 Å². The second-order valence-electron chi connectivity index (χ2n) is 8.55. The zero-order chi connectivity index (χ0) is 28.2. The summed E-state index contributed by atoms with van der Waals surface area (Å²) >= 11 is 6.25. The molecule has 0 aliphatic rings. The Morgan fingerprint density at radius 2 is 1.77 bits per heavy atom. The van der Waals surface area contributed by atoms with E-state index >= 15 is 0 Å². The van der Waals surface area contributed by atoms with E-state index in [0.29, 0.717) is 17.0 Å². The normalized spacial score (nSPS) is 11.5. The second kappa shape index (κ2) is 11.7. The molecule has 0 saturated carbocycles. The predicted molar refractivity (Wildman–Crippen MR) is 150 cm³/mol. The van der Waals surface area contributed by atoms with E-state index < -0.39 is 22.5 Å². The molecule has 1 N–H and O–H groups in total. The maximum absolute atomic E-state index is 14.4. The molecule has 1 aromatic heterocycles. The van der Waals surface area contributed by atoms with Gasteiger partial charge >= 0.3 is 0 Å². The van der Waals surface area contributed by atoms with Gasteiger partial charge in [-0.25, -0.2) is 18.2 Å². The van der Waals surface area contributed by atoms with E-state index in [9.17, 15) is 17.6 Å². The zero-order valence-corrected chi connectivity index (χ0v) is 23.0. The molecule has 202 valence electrons. The zero-order valence-electron chi connectivity index (χ0n) is 21.4. The van der Waals surface area contributed by atoms with Crippen molar-refractivity contribution in [2.75, 3.05) is 18.0 Å². The highest BCUT2D eigenvalue weighted by atomic mass is 35.5. The number of benzene rings is 3. The number of hydrogen-bond acceptors (Lipinski definition) is 5. The fraction of sp³-hybridized carbons (Fsp3) is 0.143. The quantitative estimate of drug-likeness (QED) is 0.221. The second-order valence-corrected chi connectivity index (χ2v) is 10.8. The van der Waals surface area contributed by atoms with Crippen molar-refractivity contribution in [1.29, 1.82) is 0 Å². The molecule has 3 aromatic carbocycles. The number of hydrazone groups is 1. The summed E-state index contributed by atoms with van der Waals surface area (Å²) in [5, 5.41) is 4.21. The minimum absolute atomic E-state index is 0.00817. The molecule has 0 unspecified atom stereocenters. The summed E-state index contributed by atoms with van der Waals surface area (Å²) in [5.41, 5.74) is 5.12. The number of sulfonamides is 1. The first kappa shape index (κ1) is 27.9. The summed E-state index contributed by atoms with van der Waals surface area (Å²) in [4.78, 5) is 12.9. The third-order valence-electron chi connectivity index (χ3n) is 6.00. The van der Waals surface area contributed by atoms with Crippen LogP contribution in [0.25, 0.3) is 5.69 Å². The molecule has 0 bridgehead atoms. The summed E-state index contributed by atoms with van der Waals surface area (Å²) in [6.07, 6.45) is 1.43. The van der Waals surface area contributed by atoms with Gasteiger partial charge in [0.1, 0.15) is 18.1 Å². The molecule has 0 aliphatic carbocycles. The lowest BCUT2D eigenvalue weighted by molar-refractivity contribution is -0.119. The number of para-hydroxylation sites is 1. The maximum atomic E-state index is 14.4. The Kier molecular flexibility index (Phi) is 8.37. The van der Waals surface area contributed by atoms with Crippen LogP contribution in [0.3, 0.4) is 0 Å². The summed E-state index contributed by atoms with van der Waals surface area (Å²) < 4.78 is 49.2. The van der Waals surface area contributed by atoms with E-state index in [1.807, 2.05) is 19.9 Å². The minimum Gasteiger partial charge on any atom is -0.495 e. The van der Waals surface area contributed by atoms with Crippen molar-refractivity contribution in [2.24, 2.45) is 5.10 Å². The van der Waals surface area contributed by atoms with Crippen molar-refractivity contribution in [3.63, 3.8) is 0 Å². The molecule has 4 aromatic rings. The first-order chi connectivity index (χ1) is 18.6. The van der Waals surface area contributed by atoms with Crippen molar-refractivity contribution in [2.45, 2.75) is 18.7 Å². The smallest absolute Gasteiger partial charge is 0.264 e. The highest BCUT2D eigenvalue weighted by molar-refractivity contribution is 7.92. The van der Waals surface area contributed by atoms with Gasteiger partial charge in [0, 0.05) is 17.0 Å². The summed E-state index contributed by atoms with van der Waals surface area (Å²) in [6.45, 7) is 3.08. The van der Waals surface area contributed by atoms with Crippen LogP contribution in [0.4, 0.5) is 10.1 Å². The molecule has 39 heavy (non-hydrogen) atoms. The Labute approximate surface area is 231 Å². The van der Waals surface area contributed by atoms with Crippen LogP contribution < -0.4 is 14.5 Å². The third kappa shape index (κ3) is 5.97. The van der Waals surface area contributed by atoms with Gasteiger partial charge in [0.05, 0.1) is 34.6 Å². The van der Waals surface area contributed by atoms with Gasteiger partial charge in [-0.1, -0.05) is 41.9 Å². The molecule has 0 saturated heterocycles. The summed E-state index contributed by atoms with van der Waals surface area (Å²) in [6, 6.07) is 20.4. The lowest BCUT2D eigenvalue weighted by Gasteiger charge is -2.24. The van der Waals surface area contributed by atoms with E-state index in [1.165, 1.54) is 49.7 Å². The number of halogens is 2. The topological polar surface area (TPSA) is 93.0 Å². The van der Waals surface area contributed by atoms with E-state index in [4.69, 9.17) is 16.3 Å². The van der Waals surface area contributed by atoms with Gasteiger partial charge in [-0.3, -0.25) is 9.10 Å². The number of nitrogens with one attached hydrogen (secondary N) is 1. The molecule has 11 heteroatoms. The Hall–Kier alpha value is -4.15. The van der Waals surface area contributed by atoms with Crippen LogP contribution in [0.15, 0.2) is 88.9 Å². The van der Waals surface area contributed by atoms with Crippen LogP contribution in [0.5, 0.6) is 5.75 Å². The number of methoxy groups -OCH3 is 1. The average Bonchev–Trinajstić information content (AvgIpc) is 3.20. The number of hydrogen-bond donors (Lipinski definition) is 1. The van der Waals surface area contributed by atoms with Crippen molar-refractivity contribution >= 4 is 39.4 Å². The van der Waals surface area contributed by atoms with Gasteiger partial charge in [0.25, 0.3) is 15.9 Å². The molecular weight excluding hydrogens is 543 g/mol. The number of aryl methyl sites for hydroxylation is 1. The minimum atomic E-state index is -4.12. The fourth-order valence-corrected chi connectivity index (χ4v) is 5.79. The largest absolute Gasteiger partial charge is 0.495 e. The number of carbonyl (C=O) groups is 1. The maximum Gasteiger partial charge on any atom is 0.264 e. The van der Waals surface area contributed by atoms with Crippen molar-refractivity contribution < 1.29 is 22.3 Å². The highest BCUT2D eigenvalue weighted by Crippen LogP contribution is 2.32. The SMILES string of the molecule is COc1ccc(N(CC(=O)N/N=C/c2cc(C)n(-c3ccccc3F)c2C)S(=O)(=O)c2ccccc2)cc1Cl. The summed E-state index contributed by atoms with van der Waals surface area (Å²) in [5.74, 6) is -0.686. The van der Waals surface area contributed by atoms with Crippen molar-refractivity contribution in [3.05, 3.63) is 107 Å². The number of carbonyl (C=O) groups excluding carboxylic acids is 1. The Bertz CT molecular complexity index is 1640. The van der Waals surface area contributed by atoms with Crippen LogP contribution in [0.1, 0.15) is 17.0 Å². The molecule has 0 radical (unpaired) electrons. The molecule has 1 heterocycles. The Balaban J connectivity index is 1.58. The van der Waals surface area contributed by atoms with Crippen LogP contribution >= 0.6 is 11.6 Å². The Morgan fingerprint density at radius 3 is 2.44 bits per heavy atom. The molecule has 4 rings (SSSR count). The van der Waals surface area contributed by atoms with Crippen LogP contribution in [-0.4, -0.2) is 38.8 Å². The first-order valence-electron chi connectivity index (χ1n) is 11.8. The predicted octanol–water partition coefficient (Wildman–Crippen LogP) is 5.24. The van der Waals surface area contributed by atoms with Gasteiger partial charge in [-0.15, -0.1) is 0 Å². The number of ether oxygens (including phenoxy) is 1. The van der Waals surface area contributed by atoms with Crippen LogP contribution in [0.2, 0.25) is 5.02 Å². The highest BCUT2D eigenvalue weighted by Gasteiger charge is 2.27. The molecule has 0 fully saturated rings. The Morgan fingerprint density at radius 1 is 1.08 bits per heavy atom. The van der Waals surface area contributed by atoms with Crippen LogP contribution in [-0.2, 0) is 14.8 Å². The van der Waals surface area contributed by atoms with Gasteiger partial charge in [0.15, 0.2) is 0 Å². The van der Waals surface area contributed by atoms with E-state index in [2.05, 4.69) is 10.5 Å². The lowest BCUT2D eigenvalue weighted by atomic mass is 10.2. The van der Waals surface area contributed by atoms with Gasteiger partial charge in [-0.05, 0) is 62.4 Å². The van der Waals surface area contributed by atoms with Gasteiger partial charge < -0.3 is 9.30 Å². The van der Waals surface area contributed by atoms with Crippen molar-refractivity contribution in [3.8, 4) is 11.4 Å². The fourth-order valence-electron chi connectivity index (χ4n) is 4.11. The van der Waals surface area contributed by atoms with E-state index in [-0.39, 0.29) is 21.4 Å². The molecule has 0 atom stereocenters. The molecule has 8 nitrogen and oxygen atoms in total. The lowest BCUT2D eigenvalue weighted by Crippen LogP contribution is -2.39.